The molecule has 1 heterocycles. The molecular weight excluding hydrogens is 252 g/mol. The summed E-state index contributed by atoms with van der Waals surface area (Å²) in [5, 5.41) is 3.31. The Hall–Kier alpha value is -1.10. The molecule has 0 radical (unpaired) electrons. The van der Waals surface area contributed by atoms with Gasteiger partial charge in [-0.2, -0.15) is 0 Å². The van der Waals surface area contributed by atoms with Crippen LogP contribution in [-0.4, -0.2) is 52.4 Å². The third-order valence-electron chi connectivity index (χ3n) is 3.97. The highest BCUT2D eigenvalue weighted by Gasteiger charge is 2.35. The Morgan fingerprint density at radius 2 is 2.20 bits per heavy atom. The predicted octanol–water partition coefficient (Wildman–Crippen LogP) is 1.75. The maximum Gasteiger partial charge on any atom is 0.123 e. The van der Waals surface area contributed by atoms with E-state index in [1.807, 2.05) is 19.2 Å². The summed E-state index contributed by atoms with van der Waals surface area (Å²) in [6, 6.07) is 8.22. The Labute approximate surface area is 122 Å². The van der Waals surface area contributed by atoms with Crippen molar-refractivity contribution in [3.8, 4) is 5.75 Å². The third kappa shape index (κ3) is 3.72. The first-order valence-electron chi connectivity index (χ1n) is 7.22. The van der Waals surface area contributed by atoms with Gasteiger partial charge in [0.25, 0.3) is 0 Å². The van der Waals surface area contributed by atoms with Gasteiger partial charge >= 0.3 is 0 Å². The quantitative estimate of drug-likeness (QED) is 0.824. The number of nitrogens with zero attached hydrogens (tertiary/aromatic N) is 1. The molecule has 1 aromatic carbocycles. The molecule has 0 aliphatic carbocycles. The number of benzene rings is 1. The van der Waals surface area contributed by atoms with Gasteiger partial charge in [0.05, 0.1) is 13.7 Å². The van der Waals surface area contributed by atoms with Gasteiger partial charge in [-0.15, -0.1) is 0 Å². The first-order chi connectivity index (χ1) is 9.69. The molecule has 1 fully saturated rings. The maximum absolute atomic E-state index is 5.62. The summed E-state index contributed by atoms with van der Waals surface area (Å²) in [6.07, 6.45) is 1.13. The van der Waals surface area contributed by atoms with Crippen LogP contribution in [0.5, 0.6) is 5.75 Å². The molecule has 1 aliphatic heterocycles. The summed E-state index contributed by atoms with van der Waals surface area (Å²) in [4.78, 5) is 2.36. The SMILES string of the molecule is CNCC1(CN(C)Cc2ccccc2OC)CCOC1. The third-order valence-corrected chi connectivity index (χ3v) is 3.97. The van der Waals surface area contributed by atoms with Gasteiger partial charge in [-0.3, -0.25) is 0 Å². The van der Waals surface area contributed by atoms with Gasteiger partial charge in [-0.25, -0.2) is 0 Å². The lowest BCUT2D eigenvalue weighted by Crippen LogP contribution is -2.42. The van der Waals surface area contributed by atoms with Crippen LogP contribution in [-0.2, 0) is 11.3 Å². The number of methoxy groups -OCH3 is 1. The molecule has 1 aromatic rings. The minimum absolute atomic E-state index is 0.242. The normalized spacial score (nSPS) is 22.4. The standard InChI is InChI=1S/C16H26N2O2/c1-17-11-16(8-9-20-13-16)12-18(2)10-14-6-4-5-7-15(14)19-3/h4-7,17H,8-13H2,1-3H3. The number of nitrogens with one attached hydrogen (secondary N) is 1. The van der Waals surface area contributed by atoms with E-state index in [0.29, 0.717) is 0 Å². The Morgan fingerprint density at radius 1 is 1.40 bits per heavy atom. The average molecular weight is 278 g/mol. The molecule has 1 N–H and O–H groups in total. The molecule has 1 saturated heterocycles. The fraction of sp³-hybridized carbons (Fsp3) is 0.625. The van der Waals surface area contributed by atoms with Gasteiger partial charge in [0.1, 0.15) is 5.75 Å². The molecule has 1 aliphatic rings. The molecule has 0 spiro atoms. The van der Waals surface area contributed by atoms with E-state index in [1.165, 1.54) is 5.56 Å². The monoisotopic (exact) mass is 278 g/mol. The Kier molecular flexibility index (Phi) is 5.40. The van der Waals surface area contributed by atoms with E-state index in [-0.39, 0.29) is 5.41 Å². The number of hydrogen-bond acceptors (Lipinski definition) is 4. The number of rotatable bonds is 7. The van der Waals surface area contributed by atoms with Crippen LogP contribution in [0.3, 0.4) is 0 Å². The minimum atomic E-state index is 0.242. The number of para-hydroxylation sites is 1. The summed E-state index contributed by atoms with van der Waals surface area (Å²) in [6.45, 7) is 4.67. The molecule has 2 rings (SSSR count). The maximum atomic E-state index is 5.62. The van der Waals surface area contributed by atoms with Crippen molar-refractivity contribution in [2.45, 2.75) is 13.0 Å². The summed E-state index contributed by atoms with van der Waals surface area (Å²) in [7, 11) is 5.91. The molecule has 0 aromatic heterocycles. The van der Waals surface area contributed by atoms with Crippen molar-refractivity contribution in [1.82, 2.24) is 10.2 Å². The van der Waals surface area contributed by atoms with Crippen molar-refractivity contribution >= 4 is 0 Å². The molecule has 0 saturated carbocycles. The lowest BCUT2D eigenvalue weighted by Gasteiger charge is -2.32. The van der Waals surface area contributed by atoms with E-state index >= 15 is 0 Å². The van der Waals surface area contributed by atoms with Crippen molar-refractivity contribution in [2.75, 3.05) is 47.5 Å². The molecule has 1 unspecified atom stereocenters. The number of ether oxygens (including phenoxy) is 2. The summed E-state index contributed by atoms with van der Waals surface area (Å²) in [5.74, 6) is 0.963. The summed E-state index contributed by atoms with van der Waals surface area (Å²) >= 11 is 0. The highest BCUT2D eigenvalue weighted by Crippen LogP contribution is 2.29. The van der Waals surface area contributed by atoms with Crippen LogP contribution in [0.4, 0.5) is 0 Å². The minimum Gasteiger partial charge on any atom is -0.496 e. The largest absolute Gasteiger partial charge is 0.496 e. The van der Waals surface area contributed by atoms with Crippen LogP contribution in [0.25, 0.3) is 0 Å². The lowest BCUT2D eigenvalue weighted by molar-refractivity contribution is 0.118. The van der Waals surface area contributed by atoms with E-state index in [0.717, 1.165) is 45.0 Å². The van der Waals surface area contributed by atoms with Crippen molar-refractivity contribution < 1.29 is 9.47 Å². The van der Waals surface area contributed by atoms with E-state index in [1.54, 1.807) is 7.11 Å². The van der Waals surface area contributed by atoms with Gasteiger partial charge in [-0.1, -0.05) is 18.2 Å². The van der Waals surface area contributed by atoms with Crippen LogP contribution < -0.4 is 10.1 Å². The second kappa shape index (κ2) is 7.07. The van der Waals surface area contributed by atoms with Gasteiger partial charge in [0.15, 0.2) is 0 Å². The Balaban J connectivity index is 1.99. The zero-order valence-corrected chi connectivity index (χ0v) is 12.8. The van der Waals surface area contributed by atoms with Crippen molar-refractivity contribution in [2.24, 2.45) is 5.41 Å². The topological polar surface area (TPSA) is 33.7 Å². The summed E-state index contributed by atoms with van der Waals surface area (Å²) < 4.78 is 11.0. The van der Waals surface area contributed by atoms with Crippen LogP contribution in [0.1, 0.15) is 12.0 Å². The highest BCUT2D eigenvalue weighted by molar-refractivity contribution is 5.33. The Bertz CT molecular complexity index is 417. The van der Waals surface area contributed by atoms with Crippen LogP contribution in [0.15, 0.2) is 24.3 Å². The van der Waals surface area contributed by atoms with E-state index in [2.05, 4.69) is 29.4 Å². The van der Waals surface area contributed by atoms with Gasteiger partial charge in [0.2, 0.25) is 0 Å². The molecule has 4 heteroatoms. The average Bonchev–Trinajstić information content (AvgIpc) is 2.88. The lowest BCUT2D eigenvalue weighted by atomic mass is 9.86. The zero-order chi connectivity index (χ0) is 14.4. The van der Waals surface area contributed by atoms with E-state index in [9.17, 15) is 0 Å². The fourth-order valence-electron chi connectivity index (χ4n) is 3.10. The highest BCUT2D eigenvalue weighted by atomic mass is 16.5. The molecule has 20 heavy (non-hydrogen) atoms. The second-order valence-electron chi connectivity index (χ2n) is 5.82. The summed E-state index contributed by atoms with van der Waals surface area (Å²) in [5.41, 5.74) is 1.47. The smallest absolute Gasteiger partial charge is 0.123 e. The molecule has 4 nitrogen and oxygen atoms in total. The van der Waals surface area contributed by atoms with Gasteiger partial charge in [-0.05, 0) is 26.6 Å². The molecule has 112 valence electrons. The van der Waals surface area contributed by atoms with E-state index in [4.69, 9.17) is 9.47 Å². The van der Waals surface area contributed by atoms with E-state index < -0.39 is 0 Å². The second-order valence-corrected chi connectivity index (χ2v) is 5.82. The van der Waals surface area contributed by atoms with Crippen LogP contribution in [0, 0.1) is 5.41 Å². The first kappa shape index (κ1) is 15.3. The molecule has 0 amide bonds. The molecule has 0 bridgehead atoms. The van der Waals surface area contributed by atoms with Gasteiger partial charge < -0.3 is 19.7 Å². The van der Waals surface area contributed by atoms with Crippen LogP contribution in [0.2, 0.25) is 0 Å². The predicted molar refractivity (Wildman–Crippen MR) is 81.1 cm³/mol. The van der Waals surface area contributed by atoms with Crippen molar-refractivity contribution in [1.29, 1.82) is 0 Å². The fourth-order valence-corrected chi connectivity index (χ4v) is 3.10. The Morgan fingerprint density at radius 3 is 2.85 bits per heavy atom. The molecular formula is C16H26N2O2. The van der Waals surface area contributed by atoms with Crippen molar-refractivity contribution in [3.05, 3.63) is 29.8 Å². The first-order valence-corrected chi connectivity index (χ1v) is 7.22. The van der Waals surface area contributed by atoms with Crippen molar-refractivity contribution in [3.63, 3.8) is 0 Å². The number of hydrogen-bond donors (Lipinski definition) is 1. The molecule has 1 atom stereocenters. The van der Waals surface area contributed by atoms with Gasteiger partial charge in [0, 0.05) is 37.2 Å². The zero-order valence-electron chi connectivity index (χ0n) is 12.8. The van der Waals surface area contributed by atoms with Crippen LogP contribution >= 0.6 is 0 Å².